The van der Waals surface area contributed by atoms with E-state index in [2.05, 4.69) is 15.9 Å². The van der Waals surface area contributed by atoms with Crippen LogP contribution in [0.1, 0.15) is 22.1 Å². The van der Waals surface area contributed by atoms with Gasteiger partial charge in [-0.25, -0.2) is 0 Å². The van der Waals surface area contributed by atoms with E-state index in [0.29, 0.717) is 5.02 Å². The molecule has 0 saturated heterocycles. The predicted molar refractivity (Wildman–Crippen MR) is 72.3 cm³/mol. The summed E-state index contributed by atoms with van der Waals surface area (Å²) in [6, 6.07) is 9.47. The molecule has 0 saturated carbocycles. The normalized spacial score (nSPS) is 12.8. The van der Waals surface area contributed by atoms with E-state index in [1.165, 1.54) is 11.3 Å². The molecule has 0 aliphatic carbocycles. The van der Waals surface area contributed by atoms with Crippen LogP contribution in [0.4, 0.5) is 0 Å². The summed E-state index contributed by atoms with van der Waals surface area (Å²) in [4.78, 5) is 0.911. The smallest absolute Gasteiger partial charge is 0.113 e. The van der Waals surface area contributed by atoms with Gasteiger partial charge in [-0.05, 0) is 58.2 Å². The molecule has 1 unspecified atom stereocenters. The number of aryl methyl sites for hydroxylation is 1. The molecule has 0 aliphatic rings. The van der Waals surface area contributed by atoms with Crippen LogP contribution in [-0.2, 0) is 0 Å². The van der Waals surface area contributed by atoms with Crippen LogP contribution in [0.5, 0.6) is 0 Å². The summed E-state index contributed by atoms with van der Waals surface area (Å²) in [5.41, 5.74) is 1.89. The van der Waals surface area contributed by atoms with Crippen LogP contribution in [0.15, 0.2) is 34.1 Å². The Balaban J connectivity index is 2.37. The fourth-order valence-electron chi connectivity index (χ4n) is 1.56. The van der Waals surface area contributed by atoms with Gasteiger partial charge < -0.3 is 5.11 Å². The second kappa shape index (κ2) is 4.88. The first-order chi connectivity index (χ1) is 7.56. The summed E-state index contributed by atoms with van der Waals surface area (Å²) >= 11 is 10.9. The maximum Gasteiger partial charge on any atom is 0.113 e. The highest BCUT2D eigenvalue weighted by Crippen LogP contribution is 2.32. The minimum Gasteiger partial charge on any atom is -0.383 e. The van der Waals surface area contributed by atoms with Crippen molar-refractivity contribution in [1.82, 2.24) is 0 Å². The SMILES string of the molecule is Cc1cc(Cl)cc(C(O)c2ccc(Br)s2)c1. The molecule has 1 heterocycles. The molecule has 0 radical (unpaired) electrons. The van der Waals surface area contributed by atoms with Crippen molar-refractivity contribution < 1.29 is 5.11 Å². The molecule has 0 aliphatic heterocycles. The summed E-state index contributed by atoms with van der Waals surface area (Å²) in [6.07, 6.45) is -0.603. The Labute approximate surface area is 112 Å². The number of hydrogen-bond donors (Lipinski definition) is 1. The summed E-state index contributed by atoms with van der Waals surface area (Å²) in [7, 11) is 0. The highest BCUT2D eigenvalue weighted by Gasteiger charge is 2.13. The number of benzene rings is 1. The second-order valence-corrected chi connectivity index (χ2v) is 6.54. The Hall–Kier alpha value is -0.350. The molecular weight excluding hydrogens is 308 g/mol. The molecule has 1 atom stereocenters. The van der Waals surface area contributed by atoms with Gasteiger partial charge in [-0.2, -0.15) is 0 Å². The van der Waals surface area contributed by atoms with Crippen molar-refractivity contribution >= 4 is 38.9 Å². The third-order valence-corrected chi connectivity index (χ3v) is 4.14. The maximum absolute atomic E-state index is 10.2. The van der Waals surface area contributed by atoms with Gasteiger partial charge in [-0.1, -0.05) is 17.7 Å². The van der Waals surface area contributed by atoms with Gasteiger partial charge >= 0.3 is 0 Å². The first-order valence-corrected chi connectivity index (χ1v) is 6.75. The van der Waals surface area contributed by atoms with Crippen LogP contribution < -0.4 is 0 Å². The first kappa shape index (κ1) is 12.1. The second-order valence-electron chi connectivity index (χ2n) is 3.61. The van der Waals surface area contributed by atoms with Gasteiger partial charge in [0.2, 0.25) is 0 Å². The molecule has 0 amide bonds. The Morgan fingerprint density at radius 2 is 2.06 bits per heavy atom. The van der Waals surface area contributed by atoms with Crippen molar-refractivity contribution in [3.63, 3.8) is 0 Å². The van der Waals surface area contributed by atoms with Crippen LogP contribution in [0, 0.1) is 6.92 Å². The Morgan fingerprint density at radius 3 is 2.62 bits per heavy atom. The Morgan fingerprint density at radius 1 is 1.31 bits per heavy atom. The molecule has 4 heteroatoms. The standard InChI is InChI=1S/C12H10BrClOS/c1-7-4-8(6-9(14)5-7)12(15)10-2-3-11(13)16-10/h2-6,12,15H,1H3. The van der Waals surface area contributed by atoms with E-state index >= 15 is 0 Å². The fourth-order valence-corrected chi connectivity index (χ4v) is 3.30. The van der Waals surface area contributed by atoms with Crippen LogP contribution in [-0.4, -0.2) is 5.11 Å². The van der Waals surface area contributed by atoms with Crippen LogP contribution in [0.3, 0.4) is 0 Å². The highest BCUT2D eigenvalue weighted by molar-refractivity contribution is 9.11. The monoisotopic (exact) mass is 316 g/mol. The molecule has 0 spiro atoms. The average molecular weight is 318 g/mol. The maximum atomic E-state index is 10.2. The molecule has 1 nitrogen and oxygen atoms in total. The molecule has 1 aromatic carbocycles. The molecular formula is C12H10BrClOS. The summed E-state index contributed by atoms with van der Waals surface area (Å²) in [5, 5.41) is 10.8. The number of rotatable bonds is 2. The zero-order valence-electron chi connectivity index (χ0n) is 8.58. The van der Waals surface area contributed by atoms with E-state index in [1.807, 2.05) is 31.2 Å². The number of aliphatic hydroxyl groups excluding tert-OH is 1. The predicted octanol–water partition coefficient (Wildman–Crippen LogP) is 4.55. The van der Waals surface area contributed by atoms with Crippen molar-refractivity contribution in [3.05, 3.63) is 55.1 Å². The summed E-state index contributed by atoms with van der Waals surface area (Å²) < 4.78 is 1.01. The van der Waals surface area contributed by atoms with E-state index in [1.54, 1.807) is 6.07 Å². The van der Waals surface area contributed by atoms with Gasteiger partial charge in [0.1, 0.15) is 6.10 Å². The zero-order valence-corrected chi connectivity index (χ0v) is 11.7. The van der Waals surface area contributed by atoms with Gasteiger partial charge in [0.25, 0.3) is 0 Å². The number of hydrogen-bond acceptors (Lipinski definition) is 2. The van der Waals surface area contributed by atoms with E-state index in [0.717, 1.165) is 19.8 Å². The molecule has 84 valence electrons. The summed E-state index contributed by atoms with van der Waals surface area (Å²) in [5.74, 6) is 0. The summed E-state index contributed by atoms with van der Waals surface area (Å²) in [6.45, 7) is 1.96. The van der Waals surface area contributed by atoms with Gasteiger partial charge in [-0.3, -0.25) is 0 Å². The topological polar surface area (TPSA) is 20.2 Å². The molecule has 1 aromatic heterocycles. The molecule has 2 rings (SSSR count). The van der Waals surface area contributed by atoms with Gasteiger partial charge in [0.05, 0.1) is 3.79 Å². The van der Waals surface area contributed by atoms with Crippen molar-refractivity contribution in [3.8, 4) is 0 Å². The fraction of sp³-hybridized carbons (Fsp3) is 0.167. The van der Waals surface area contributed by atoms with Gasteiger partial charge in [0, 0.05) is 9.90 Å². The number of halogens is 2. The van der Waals surface area contributed by atoms with Gasteiger partial charge in [-0.15, -0.1) is 11.3 Å². The van der Waals surface area contributed by atoms with Crippen LogP contribution in [0.2, 0.25) is 5.02 Å². The molecule has 1 N–H and O–H groups in total. The number of thiophene rings is 1. The lowest BCUT2D eigenvalue weighted by Crippen LogP contribution is -1.97. The molecule has 2 aromatic rings. The van der Waals surface area contributed by atoms with Crippen LogP contribution in [0.25, 0.3) is 0 Å². The molecule has 0 fully saturated rings. The lowest BCUT2D eigenvalue weighted by atomic mass is 10.1. The van der Waals surface area contributed by atoms with E-state index < -0.39 is 6.10 Å². The third-order valence-electron chi connectivity index (χ3n) is 2.24. The first-order valence-electron chi connectivity index (χ1n) is 4.76. The van der Waals surface area contributed by atoms with Crippen molar-refractivity contribution in [2.75, 3.05) is 0 Å². The Bertz CT molecular complexity index is 489. The quantitative estimate of drug-likeness (QED) is 0.861. The van der Waals surface area contributed by atoms with Crippen molar-refractivity contribution in [1.29, 1.82) is 0 Å². The minimum atomic E-state index is -0.603. The van der Waals surface area contributed by atoms with Crippen LogP contribution >= 0.6 is 38.9 Å². The average Bonchev–Trinajstić information content (AvgIpc) is 2.62. The van der Waals surface area contributed by atoms with Crippen molar-refractivity contribution in [2.45, 2.75) is 13.0 Å². The van der Waals surface area contributed by atoms with E-state index in [9.17, 15) is 5.11 Å². The lowest BCUT2D eigenvalue weighted by molar-refractivity contribution is 0.224. The number of aliphatic hydroxyl groups is 1. The Kier molecular flexibility index (Phi) is 3.70. The van der Waals surface area contributed by atoms with E-state index in [-0.39, 0.29) is 0 Å². The van der Waals surface area contributed by atoms with Crippen molar-refractivity contribution in [2.24, 2.45) is 0 Å². The molecule has 0 bridgehead atoms. The highest BCUT2D eigenvalue weighted by atomic mass is 79.9. The third kappa shape index (κ3) is 2.66. The lowest BCUT2D eigenvalue weighted by Gasteiger charge is -2.10. The van der Waals surface area contributed by atoms with Gasteiger partial charge in [0.15, 0.2) is 0 Å². The molecule has 16 heavy (non-hydrogen) atoms. The largest absolute Gasteiger partial charge is 0.383 e. The van der Waals surface area contributed by atoms with E-state index in [4.69, 9.17) is 11.6 Å². The zero-order chi connectivity index (χ0) is 11.7. The minimum absolute atomic E-state index is 0.603.